The molecule has 3 aromatic rings. The second kappa shape index (κ2) is 8.46. The first-order valence-electron chi connectivity index (χ1n) is 8.43. The van der Waals surface area contributed by atoms with Gasteiger partial charge in [-0.3, -0.25) is 14.9 Å². The molecule has 1 N–H and O–H groups in total. The number of benzene rings is 3. The molecule has 0 aromatic heterocycles. The lowest BCUT2D eigenvalue weighted by Gasteiger charge is -2.11. The van der Waals surface area contributed by atoms with E-state index in [-0.39, 0.29) is 11.3 Å². The number of anilines is 1. The number of carbonyl (C=O) groups excluding carboxylic acids is 1. The van der Waals surface area contributed by atoms with Crippen LogP contribution in [0.25, 0.3) is 0 Å². The number of nitrogens with one attached hydrogen (secondary N) is 1. The number of nitro benzene ring substituents is 1. The van der Waals surface area contributed by atoms with Gasteiger partial charge in [-0.1, -0.05) is 29.4 Å². The van der Waals surface area contributed by atoms with Gasteiger partial charge in [0.1, 0.15) is 0 Å². The van der Waals surface area contributed by atoms with Crippen LogP contribution in [0, 0.1) is 24.0 Å². The summed E-state index contributed by atoms with van der Waals surface area (Å²) in [6, 6.07) is 17.2. The molecule has 0 unspecified atom stereocenters. The monoisotopic (exact) mass is 412 g/mol. The lowest BCUT2D eigenvalue weighted by molar-refractivity contribution is -0.384. The number of aryl methyl sites for hydroxylation is 2. The van der Waals surface area contributed by atoms with E-state index < -0.39 is 10.8 Å². The lowest BCUT2D eigenvalue weighted by atomic mass is 10.1. The fourth-order valence-corrected chi connectivity index (χ4v) is 3.82. The second-order valence-corrected chi connectivity index (χ2v) is 7.88. The Morgan fingerprint density at radius 3 is 2.25 bits per heavy atom. The third-order valence-corrected chi connectivity index (χ3v) is 5.28. The minimum atomic E-state index is -0.510. The number of halogens is 1. The van der Waals surface area contributed by atoms with E-state index in [0.29, 0.717) is 15.6 Å². The predicted molar refractivity (Wildman–Crippen MR) is 113 cm³/mol. The van der Waals surface area contributed by atoms with Crippen molar-refractivity contribution in [1.82, 2.24) is 0 Å². The van der Waals surface area contributed by atoms with Crippen molar-refractivity contribution < 1.29 is 9.72 Å². The number of nitrogens with zero attached hydrogens (tertiary/aromatic N) is 1. The molecular weight excluding hydrogens is 396 g/mol. The van der Waals surface area contributed by atoms with Crippen LogP contribution in [0.3, 0.4) is 0 Å². The summed E-state index contributed by atoms with van der Waals surface area (Å²) in [6.07, 6.45) is 0. The van der Waals surface area contributed by atoms with Crippen LogP contribution in [0.2, 0.25) is 5.02 Å². The molecule has 0 heterocycles. The summed E-state index contributed by atoms with van der Waals surface area (Å²) >= 11 is 7.27. The van der Waals surface area contributed by atoms with E-state index in [1.807, 2.05) is 44.2 Å². The Morgan fingerprint density at radius 1 is 1.00 bits per heavy atom. The highest BCUT2D eigenvalue weighted by Gasteiger charge is 2.18. The Balaban J connectivity index is 1.95. The van der Waals surface area contributed by atoms with Gasteiger partial charge in [-0.15, -0.1) is 0 Å². The highest BCUT2D eigenvalue weighted by molar-refractivity contribution is 7.99. The maximum absolute atomic E-state index is 12.9. The van der Waals surface area contributed by atoms with Gasteiger partial charge in [0.05, 0.1) is 10.5 Å². The molecule has 0 aliphatic rings. The topological polar surface area (TPSA) is 72.2 Å². The summed E-state index contributed by atoms with van der Waals surface area (Å²) in [5.74, 6) is -0.398. The van der Waals surface area contributed by atoms with Gasteiger partial charge in [0.2, 0.25) is 0 Å². The first-order chi connectivity index (χ1) is 13.3. The minimum absolute atomic E-state index is 0.133. The van der Waals surface area contributed by atoms with Crippen molar-refractivity contribution in [3.8, 4) is 0 Å². The average Bonchev–Trinajstić information content (AvgIpc) is 2.62. The molecule has 3 aromatic carbocycles. The van der Waals surface area contributed by atoms with E-state index in [2.05, 4.69) is 5.32 Å². The van der Waals surface area contributed by atoms with Gasteiger partial charge in [-0.05, 0) is 67.4 Å². The number of amides is 1. The number of rotatable bonds is 5. The van der Waals surface area contributed by atoms with E-state index in [1.165, 1.54) is 23.9 Å². The van der Waals surface area contributed by atoms with Crippen molar-refractivity contribution in [2.24, 2.45) is 0 Å². The standard InChI is InChI=1S/C21H17ClN2O3S/c1-13-9-14(2)11-16(10-13)23-21(25)19-12-17(24(26)27)5-8-20(19)28-18-6-3-15(22)4-7-18/h3-12H,1-2H3,(H,23,25). The smallest absolute Gasteiger partial charge is 0.270 e. The molecule has 1 amide bonds. The summed E-state index contributed by atoms with van der Waals surface area (Å²) in [5.41, 5.74) is 2.80. The third kappa shape index (κ3) is 4.91. The van der Waals surface area contributed by atoms with Crippen molar-refractivity contribution in [1.29, 1.82) is 0 Å². The molecule has 0 fully saturated rings. The van der Waals surface area contributed by atoms with Crippen LogP contribution in [0.4, 0.5) is 11.4 Å². The highest BCUT2D eigenvalue weighted by Crippen LogP contribution is 2.33. The molecule has 7 heteroatoms. The van der Waals surface area contributed by atoms with E-state index in [0.717, 1.165) is 16.0 Å². The van der Waals surface area contributed by atoms with Crippen LogP contribution in [0.1, 0.15) is 21.5 Å². The van der Waals surface area contributed by atoms with E-state index in [1.54, 1.807) is 18.2 Å². The third-order valence-electron chi connectivity index (χ3n) is 3.94. The fraction of sp³-hybridized carbons (Fsp3) is 0.0952. The molecule has 0 aliphatic heterocycles. The Hall–Kier alpha value is -2.83. The first-order valence-corrected chi connectivity index (χ1v) is 9.63. The average molecular weight is 413 g/mol. The Bertz CT molecular complexity index is 1030. The predicted octanol–water partition coefficient (Wildman–Crippen LogP) is 6.27. The molecule has 142 valence electrons. The van der Waals surface area contributed by atoms with E-state index in [4.69, 9.17) is 11.6 Å². The number of carbonyl (C=O) groups is 1. The normalized spacial score (nSPS) is 10.5. The molecule has 5 nitrogen and oxygen atoms in total. The second-order valence-electron chi connectivity index (χ2n) is 6.32. The largest absolute Gasteiger partial charge is 0.322 e. The number of hydrogen-bond acceptors (Lipinski definition) is 4. The number of nitro groups is 1. The molecule has 0 radical (unpaired) electrons. The summed E-state index contributed by atoms with van der Waals surface area (Å²) in [4.78, 5) is 25.1. The molecule has 0 bridgehead atoms. The maximum atomic E-state index is 12.9. The Morgan fingerprint density at radius 2 is 1.64 bits per heavy atom. The van der Waals surface area contributed by atoms with E-state index in [9.17, 15) is 14.9 Å². The van der Waals surface area contributed by atoms with Crippen LogP contribution < -0.4 is 5.32 Å². The van der Waals surface area contributed by atoms with Gasteiger partial charge in [0, 0.05) is 32.6 Å². The zero-order valence-corrected chi connectivity index (χ0v) is 16.8. The summed E-state index contributed by atoms with van der Waals surface area (Å²) in [5, 5.41) is 14.6. The number of hydrogen-bond donors (Lipinski definition) is 1. The van der Waals surface area contributed by atoms with Gasteiger partial charge in [0.15, 0.2) is 0 Å². The molecule has 0 saturated carbocycles. The van der Waals surface area contributed by atoms with Crippen LogP contribution in [-0.2, 0) is 0 Å². The summed E-state index contributed by atoms with van der Waals surface area (Å²) in [7, 11) is 0. The van der Waals surface area contributed by atoms with Crippen LogP contribution in [0.5, 0.6) is 0 Å². The quantitative estimate of drug-likeness (QED) is 0.396. The van der Waals surface area contributed by atoms with Crippen molar-refractivity contribution in [3.63, 3.8) is 0 Å². The molecule has 3 rings (SSSR count). The zero-order chi connectivity index (χ0) is 20.3. The van der Waals surface area contributed by atoms with Gasteiger partial charge in [-0.25, -0.2) is 0 Å². The SMILES string of the molecule is Cc1cc(C)cc(NC(=O)c2cc([N+](=O)[O-])ccc2Sc2ccc(Cl)cc2)c1. The molecule has 0 atom stereocenters. The summed E-state index contributed by atoms with van der Waals surface area (Å²) < 4.78 is 0. The minimum Gasteiger partial charge on any atom is -0.322 e. The molecule has 0 saturated heterocycles. The highest BCUT2D eigenvalue weighted by atomic mass is 35.5. The van der Waals surface area contributed by atoms with Crippen LogP contribution >= 0.6 is 23.4 Å². The van der Waals surface area contributed by atoms with Crippen molar-refractivity contribution >= 4 is 40.6 Å². The van der Waals surface area contributed by atoms with Crippen molar-refractivity contribution in [2.75, 3.05) is 5.32 Å². The van der Waals surface area contributed by atoms with Crippen molar-refractivity contribution in [3.05, 3.63) is 92.5 Å². The summed E-state index contributed by atoms with van der Waals surface area (Å²) in [6.45, 7) is 3.88. The molecule has 0 aliphatic carbocycles. The maximum Gasteiger partial charge on any atom is 0.270 e. The van der Waals surface area contributed by atoms with Gasteiger partial charge < -0.3 is 5.32 Å². The van der Waals surface area contributed by atoms with Gasteiger partial charge >= 0.3 is 0 Å². The molecule has 28 heavy (non-hydrogen) atoms. The van der Waals surface area contributed by atoms with Crippen molar-refractivity contribution in [2.45, 2.75) is 23.6 Å². The molecule has 0 spiro atoms. The number of non-ortho nitro benzene ring substituents is 1. The molecular formula is C21H17ClN2O3S. The van der Waals surface area contributed by atoms with Gasteiger partial charge in [0.25, 0.3) is 11.6 Å². The fourth-order valence-electron chi connectivity index (χ4n) is 2.77. The Labute approximate surface area is 171 Å². The van der Waals surface area contributed by atoms with E-state index >= 15 is 0 Å². The first kappa shape index (κ1) is 19.9. The Kier molecular flexibility index (Phi) is 6.02. The van der Waals surface area contributed by atoms with Crippen LogP contribution in [0.15, 0.2) is 70.5 Å². The van der Waals surface area contributed by atoms with Gasteiger partial charge in [-0.2, -0.15) is 0 Å². The zero-order valence-electron chi connectivity index (χ0n) is 15.2. The van der Waals surface area contributed by atoms with Crippen LogP contribution in [-0.4, -0.2) is 10.8 Å². The lowest BCUT2D eigenvalue weighted by Crippen LogP contribution is -2.13.